The first kappa shape index (κ1) is 10.9. The molecule has 0 spiro atoms. The highest BCUT2D eigenvalue weighted by Gasteiger charge is 2.22. The summed E-state index contributed by atoms with van der Waals surface area (Å²) in [6, 6.07) is -0.337. The van der Waals surface area contributed by atoms with Crippen molar-refractivity contribution in [2.45, 2.75) is 12.5 Å². The van der Waals surface area contributed by atoms with Crippen molar-refractivity contribution in [2.24, 2.45) is 0 Å². The number of nitrogens with zero attached hydrogens (tertiary/aromatic N) is 1. The van der Waals surface area contributed by atoms with Crippen molar-refractivity contribution < 1.29 is 22.9 Å². The lowest BCUT2D eigenvalue weighted by atomic mass is 10.2. The second-order valence-electron chi connectivity index (χ2n) is 2.97. The first-order valence-corrected chi connectivity index (χ1v) is 5.58. The Kier molecular flexibility index (Phi) is 3.63. The molecule has 0 aliphatic carbocycles. The number of ether oxygens (including phenoxy) is 1. The average Bonchev–Trinajstić information content (AvgIpc) is 2.01. The molecule has 0 aromatic rings. The fraction of sp³-hybridized carbons (Fsp3) is 1.00. The Hall–Kier alpha value is -0.210. The zero-order valence-electron chi connectivity index (χ0n) is 7.09. The summed E-state index contributed by atoms with van der Waals surface area (Å²) < 4.78 is 34.3. The molecule has 1 aliphatic rings. The van der Waals surface area contributed by atoms with Gasteiger partial charge in [-0.3, -0.25) is 4.55 Å². The van der Waals surface area contributed by atoms with Crippen LogP contribution in [-0.4, -0.2) is 54.8 Å². The van der Waals surface area contributed by atoms with Crippen LogP contribution in [0.1, 0.15) is 6.42 Å². The number of rotatable bonds is 3. The summed E-state index contributed by atoms with van der Waals surface area (Å²) in [5, 5.41) is 10.3. The van der Waals surface area contributed by atoms with Crippen LogP contribution < -0.4 is 0 Å². The number of hydrogen-bond donors (Lipinski definition) is 2. The molecule has 0 saturated carbocycles. The standard InChI is InChI=1S/C6H13NO5S/c8-7-2-3-12-5-6(7)1-4-13(9,10)11/h6,8H,1-5H2,(H,9,10,11). The molecule has 0 aromatic carbocycles. The van der Waals surface area contributed by atoms with Gasteiger partial charge in [0.15, 0.2) is 0 Å². The number of morpholine rings is 1. The van der Waals surface area contributed by atoms with Crippen molar-refractivity contribution in [2.75, 3.05) is 25.5 Å². The van der Waals surface area contributed by atoms with Crippen LogP contribution >= 0.6 is 0 Å². The predicted molar refractivity (Wildman–Crippen MR) is 44.1 cm³/mol. The van der Waals surface area contributed by atoms with Crippen LogP contribution in [0.4, 0.5) is 0 Å². The molecular weight excluding hydrogens is 198 g/mol. The molecule has 0 radical (unpaired) electrons. The van der Waals surface area contributed by atoms with Crippen molar-refractivity contribution in [1.82, 2.24) is 5.06 Å². The quantitative estimate of drug-likeness (QED) is 0.603. The molecule has 1 heterocycles. The van der Waals surface area contributed by atoms with Gasteiger partial charge in [0.25, 0.3) is 10.1 Å². The van der Waals surface area contributed by atoms with E-state index >= 15 is 0 Å². The summed E-state index contributed by atoms with van der Waals surface area (Å²) in [7, 11) is -3.94. The van der Waals surface area contributed by atoms with Gasteiger partial charge >= 0.3 is 0 Å². The first-order chi connectivity index (χ1) is 5.99. The van der Waals surface area contributed by atoms with Gasteiger partial charge in [-0.1, -0.05) is 0 Å². The van der Waals surface area contributed by atoms with Gasteiger partial charge < -0.3 is 9.94 Å². The van der Waals surface area contributed by atoms with E-state index in [1.807, 2.05) is 0 Å². The van der Waals surface area contributed by atoms with E-state index in [0.717, 1.165) is 5.06 Å². The van der Waals surface area contributed by atoms with Crippen LogP contribution in [0, 0.1) is 0 Å². The van der Waals surface area contributed by atoms with E-state index in [1.165, 1.54) is 0 Å². The summed E-state index contributed by atoms with van der Waals surface area (Å²) in [5.74, 6) is -0.349. The van der Waals surface area contributed by atoms with Crippen molar-refractivity contribution in [3.8, 4) is 0 Å². The van der Waals surface area contributed by atoms with Gasteiger partial charge in [0.1, 0.15) is 0 Å². The minimum absolute atomic E-state index is 0.176. The van der Waals surface area contributed by atoms with Crippen LogP contribution in [0.3, 0.4) is 0 Å². The lowest BCUT2D eigenvalue weighted by Crippen LogP contribution is -2.44. The normalized spacial score (nSPS) is 26.2. The summed E-state index contributed by atoms with van der Waals surface area (Å²) >= 11 is 0. The Balaban J connectivity index is 2.35. The maximum absolute atomic E-state index is 10.4. The zero-order valence-corrected chi connectivity index (χ0v) is 7.90. The Morgan fingerprint density at radius 3 is 2.77 bits per heavy atom. The molecule has 1 rings (SSSR count). The summed E-state index contributed by atoms with van der Waals surface area (Å²) in [6.07, 6.45) is 0.176. The third-order valence-corrected chi connectivity index (χ3v) is 2.66. The molecular formula is C6H13NO5S. The Morgan fingerprint density at radius 2 is 2.23 bits per heavy atom. The molecule has 0 bridgehead atoms. The van der Waals surface area contributed by atoms with Crippen LogP contribution in [0.25, 0.3) is 0 Å². The highest BCUT2D eigenvalue weighted by molar-refractivity contribution is 7.85. The molecule has 1 aliphatic heterocycles. The second-order valence-corrected chi connectivity index (χ2v) is 4.54. The molecule has 1 fully saturated rings. The minimum atomic E-state index is -3.94. The van der Waals surface area contributed by atoms with Gasteiger partial charge in [0, 0.05) is 6.54 Å². The molecule has 1 atom stereocenters. The maximum Gasteiger partial charge on any atom is 0.264 e. The molecule has 7 heteroatoms. The van der Waals surface area contributed by atoms with Gasteiger partial charge in [-0.2, -0.15) is 13.5 Å². The third kappa shape index (κ3) is 4.01. The van der Waals surface area contributed by atoms with E-state index in [0.29, 0.717) is 19.8 Å². The molecule has 0 amide bonds. The van der Waals surface area contributed by atoms with Crippen molar-refractivity contribution in [3.63, 3.8) is 0 Å². The zero-order chi connectivity index (χ0) is 9.90. The third-order valence-electron chi connectivity index (χ3n) is 1.91. The SMILES string of the molecule is O=S(=O)(O)CCC1COCCN1O. The van der Waals surface area contributed by atoms with Gasteiger partial charge in [-0.25, -0.2) is 0 Å². The summed E-state index contributed by atoms with van der Waals surface area (Å²) in [6.45, 7) is 1.11. The lowest BCUT2D eigenvalue weighted by molar-refractivity contribution is -0.181. The molecule has 1 unspecified atom stereocenters. The van der Waals surface area contributed by atoms with E-state index in [1.54, 1.807) is 0 Å². The number of hydroxylamine groups is 2. The Bertz CT molecular complexity index is 252. The molecule has 1 saturated heterocycles. The molecule has 0 aromatic heterocycles. The number of hydrogen-bond acceptors (Lipinski definition) is 5. The average molecular weight is 211 g/mol. The minimum Gasteiger partial charge on any atom is -0.378 e. The molecule has 2 N–H and O–H groups in total. The first-order valence-electron chi connectivity index (χ1n) is 3.97. The van der Waals surface area contributed by atoms with E-state index in [-0.39, 0.29) is 18.2 Å². The van der Waals surface area contributed by atoms with Crippen molar-refractivity contribution in [3.05, 3.63) is 0 Å². The van der Waals surface area contributed by atoms with E-state index in [2.05, 4.69) is 0 Å². The van der Waals surface area contributed by atoms with Gasteiger partial charge in [-0.15, -0.1) is 0 Å². The molecule has 6 nitrogen and oxygen atoms in total. The Morgan fingerprint density at radius 1 is 1.54 bits per heavy atom. The lowest BCUT2D eigenvalue weighted by Gasteiger charge is -2.29. The van der Waals surface area contributed by atoms with Crippen molar-refractivity contribution >= 4 is 10.1 Å². The van der Waals surface area contributed by atoms with E-state index in [9.17, 15) is 13.6 Å². The smallest absolute Gasteiger partial charge is 0.264 e. The van der Waals surface area contributed by atoms with Crippen molar-refractivity contribution in [1.29, 1.82) is 0 Å². The van der Waals surface area contributed by atoms with Crippen LogP contribution in [0.2, 0.25) is 0 Å². The largest absolute Gasteiger partial charge is 0.378 e. The Labute approximate surface area is 76.8 Å². The van der Waals surface area contributed by atoms with Gasteiger partial charge in [0.2, 0.25) is 0 Å². The fourth-order valence-corrected chi connectivity index (χ4v) is 1.73. The fourth-order valence-electron chi connectivity index (χ4n) is 1.16. The summed E-state index contributed by atoms with van der Waals surface area (Å²) in [4.78, 5) is 0. The molecule has 78 valence electrons. The highest BCUT2D eigenvalue weighted by Crippen LogP contribution is 2.08. The van der Waals surface area contributed by atoms with Gasteiger partial charge in [0.05, 0.1) is 25.0 Å². The van der Waals surface area contributed by atoms with Crippen LogP contribution in [-0.2, 0) is 14.9 Å². The van der Waals surface area contributed by atoms with E-state index in [4.69, 9.17) is 9.29 Å². The predicted octanol–water partition coefficient (Wildman–Crippen LogP) is -0.646. The second kappa shape index (κ2) is 4.34. The maximum atomic E-state index is 10.4. The van der Waals surface area contributed by atoms with E-state index < -0.39 is 10.1 Å². The van der Waals surface area contributed by atoms with Crippen LogP contribution in [0.5, 0.6) is 0 Å². The van der Waals surface area contributed by atoms with Gasteiger partial charge in [-0.05, 0) is 6.42 Å². The monoisotopic (exact) mass is 211 g/mol. The molecule has 13 heavy (non-hydrogen) atoms. The topological polar surface area (TPSA) is 87.1 Å². The highest BCUT2D eigenvalue weighted by atomic mass is 32.2. The van der Waals surface area contributed by atoms with Crippen LogP contribution in [0.15, 0.2) is 0 Å². The summed E-state index contributed by atoms with van der Waals surface area (Å²) in [5.41, 5.74) is 0.